The van der Waals surface area contributed by atoms with Crippen LogP contribution in [-0.2, 0) is 17.6 Å². The van der Waals surface area contributed by atoms with Crippen molar-refractivity contribution in [1.82, 2.24) is 15.6 Å². The number of ether oxygens (including phenoxy) is 2. The SMILES string of the molecule is CCc1ccc2c(c1)[C@@H](NC[C@@H](O)[C@H](Cc1ccccc1)NC(=O)COc1nc3ccccc3o1)CC1(CCC1)O2. The van der Waals surface area contributed by atoms with Crippen LogP contribution in [0.4, 0.5) is 0 Å². The molecular formula is C33H37N3O5. The maximum absolute atomic E-state index is 13.0. The molecule has 1 aromatic heterocycles. The largest absolute Gasteiger partial charge is 0.487 e. The zero-order valence-electron chi connectivity index (χ0n) is 23.3. The first-order valence-corrected chi connectivity index (χ1v) is 14.6. The van der Waals surface area contributed by atoms with Gasteiger partial charge in [0, 0.05) is 24.6 Å². The van der Waals surface area contributed by atoms with Crippen molar-refractivity contribution in [3.8, 4) is 11.8 Å². The molecule has 1 amide bonds. The standard InChI is InChI=1S/C33H37N3O5/c1-2-22-13-14-29-24(17-22)27(19-33(41-29)15-8-16-33)34-20-28(37)26(18-23-9-4-3-5-10-23)35-31(38)21-39-32-36-25-11-6-7-12-30(25)40-32/h3-7,9-14,17,26-28,34,37H,2,8,15-16,18-21H2,1H3,(H,35,38)/t26-,27-,28+/m0/s1. The first kappa shape index (κ1) is 27.3. The van der Waals surface area contributed by atoms with Crippen LogP contribution in [0.1, 0.15) is 55.3 Å². The minimum absolute atomic E-state index is 0.0396. The van der Waals surface area contributed by atoms with E-state index in [1.807, 2.05) is 48.5 Å². The number of hydrogen-bond donors (Lipinski definition) is 3. The van der Waals surface area contributed by atoms with Gasteiger partial charge in [0.05, 0.1) is 12.1 Å². The molecule has 1 saturated carbocycles. The topological polar surface area (TPSA) is 106 Å². The lowest BCUT2D eigenvalue weighted by Gasteiger charge is -2.48. The smallest absolute Gasteiger partial charge is 0.395 e. The zero-order valence-corrected chi connectivity index (χ0v) is 23.3. The van der Waals surface area contributed by atoms with Crippen molar-refractivity contribution < 1.29 is 23.8 Å². The summed E-state index contributed by atoms with van der Waals surface area (Å²) in [4.78, 5) is 17.2. The van der Waals surface area contributed by atoms with Crippen molar-refractivity contribution in [2.75, 3.05) is 13.2 Å². The summed E-state index contributed by atoms with van der Waals surface area (Å²) in [5, 5.41) is 18.0. The first-order chi connectivity index (χ1) is 20.0. The number of para-hydroxylation sites is 2. The average Bonchev–Trinajstić information content (AvgIpc) is 3.41. The first-order valence-electron chi connectivity index (χ1n) is 14.6. The molecule has 0 unspecified atom stereocenters. The highest BCUT2D eigenvalue weighted by Crippen LogP contribution is 2.49. The molecule has 2 aliphatic rings. The number of oxazole rings is 1. The van der Waals surface area contributed by atoms with Crippen molar-refractivity contribution in [3.63, 3.8) is 0 Å². The normalized spacial score (nSPS) is 18.6. The summed E-state index contributed by atoms with van der Waals surface area (Å²) in [5.41, 5.74) is 4.56. The van der Waals surface area contributed by atoms with Crippen LogP contribution in [0.5, 0.6) is 11.8 Å². The fourth-order valence-electron chi connectivity index (χ4n) is 5.84. The van der Waals surface area contributed by atoms with E-state index in [4.69, 9.17) is 13.9 Å². The molecule has 41 heavy (non-hydrogen) atoms. The Labute approximate surface area is 240 Å². The van der Waals surface area contributed by atoms with Gasteiger partial charge in [-0.15, -0.1) is 0 Å². The van der Waals surface area contributed by atoms with E-state index in [0.29, 0.717) is 24.1 Å². The van der Waals surface area contributed by atoms with E-state index in [0.717, 1.165) is 42.6 Å². The second-order valence-corrected chi connectivity index (χ2v) is 11.2. The lowest BCUT2D eigenvalue weighted by molar-refractivity contribution is -0.125. The number of benzene rings is 3. The molecule has 8 nitrogen and oxygen atoms in total. The summed E-state index contributed by atoms with van der Waals surface area (Å²) in [6.07, 6.45) is 4.78. The fraction of sp³-hybridized carbons (Fsp3) is 0.394. The molecule has 3 aromatic carbocycles. The van der Waals surface area contributed by atoms with Crippen molar-refractivity contribution in [2.24, 2.45) is 0 Å². The fourth-order valence-corrected chi connectivity index (χ4v) is 5.84. The van der Waals surface area contributed by atoms with Gasteiger partial charge < -0.3 is 29.6 Å². The monoisotopic (exact) mass is 555 g/mol. The Balaban J connectivity index is 1.13. The van der Waals surface area contributed by atoms with E-state index >= 15 is 0 Å². The molecule has 1 spiro atoms. The number of nitrogens with zero attached hydrogens (tertiary/aromatic N) is 1. The van der Waals surface area contributed by atoms with Crippen LogP contribution in [-0.4, -0.2) is 46.9 Å². The average molecular weight is 556 g/mol. The molecule has 3 atom stereocenters. The number of aryl methyl sites for hydroxylation is 1. The number of amides is 1. The van der Waals surface area contributed by atoms with Crippen LogP contribution in [0.3, 0.4) is 0 Å². The van der Waals surface area contributed by atoms with Gasteiger partial charge in [-0.2, -0.15) is 4.98 Å². The van der Waals surface area contributed by atoms with Gasteiger partial charge in [-0.3, -0.25) is 4.79 Å². The molecule has 1 fully saturated rings. The number of carbonyl (C=O) groups excluding carboxylic acids is 1. The summed E-state index contributed by atoms with van der Waals surface area (Å²) < 4.78 is 17.6. The van der Waals surface area contributed by atoms with Crippen molar-refractivity contribution in [3.05, 3.63) is 89.5 Å². The molecule has 0 bridgehead atoms. The Morgan fingerprint density at radius 3 is 2.66 bits per heavy atom. The van der Waals surface area contributed by atoms with Gasteiger partial charge in [0.2, 0.25) is 0 Å². The van der Waals surface area contributed by atoms with Gasteiger partial charge >= 0.3 is 6.08 Å². The van der Waals surface area contributed by atoms with Gasteiger partial charge in [-0.05, 0) is 61.4 Å². The van der Waals surface area contributed by atoms with Crippen LogP contribution in [0.2, 0.25) is 0 Å². The van der Waals surface area contributed by atoms with Crippen molar-refractivity contribution >= 4 is 17.0 Å². The van der Waals surface area contributed by atoms with Crippen LogP contribution in [0, 0.1) is 0 Å². The number of hydrogen-bond acceptors (Lipinski definition) is 7. The molecule has 0 saturated heterocycles. The molecule has 1 aliphatic heterocycles. The third kappa shape index (κ3) is 6.24. The van der Waals surface area contributed by atoms with E-state index < -0.39 is 12.1 Å². The second-order valence-electron chi connectivity index (χ2n) is 11.2. The van der Waals surface area contributed by atoms with E-state index in [1.165, 1.54) is 12.0 Å². The number of rotatable bonds is 11. The van der Waals surface area contributed by atoms with Crippen LogP contribution < -0.4 is 20.1 Å². The van der Waals surface area contributed by atoms with Crippen molar-refractivity contribution in [2.45, 2.75) is 69.2 Å². The maximum Gasteiger partial charge on any atom is 0.395 e. The Morgan fingerprint density at radius 1 is 1.10 bits per heavy atom. The Morgan fingerprint density at radius 2 is 1.90 bits per heavy atom. The molecule has 4 aromatic rings. The van der Waals surface area contributed by atoms with Crippen LogP contribution in [0.25, 0.3) is 11.1 Å². The van der Waals surface area contributed by atoms with Crippen LogP contribution in [0.15, 0.2) is 77.2 Å². The lowest BCUT2D eigenvalue weighted by atomic mass is 9.72. The molecule has 2 heterocycles. The van der Waals surface area contributed by atoms with E-state index in [2.05, 4.69) is 40.7 Å². The molecule has 0 radical (unpaired) electrons. The summed E-state index contributed by atoms with van der Waals surface area (Å²) >= 11 is 0. The van der Waals surface area contributed by atoms with Crippen LogP contribution >= 0.6 is 0 Å². The minimum Gasteiger partial charge on any atom is -0.487 e. The Kier molecular flexibility index (Phi) is 7.94. The molecule has 214 valence electrons. The predicted octanol–water partition coefficient (Wildman–Crippen LogP) is 4.89. The summed E-state index contributed by atoms with van der Waals surface area (Å²) in [6.45, 7) is 2.20. The van der Waals surface area contributed by atoms with Gasteiger partial charge in [0.15, 0.2) is 12.2 Å². The highest BCUT2D eigenvalue weighted by molar-refractivity contribution is 5.78. The van der Waals surface area contributed by atoms with E-state index in [-0.39, 0.29) is 30.2 Å². The number of nitrogens with one attached hydrogen (secondary N) is 2. The molecule has 3 N–H and O–H groups in total. The van der Waals surface area contributed by atoms with Gasteiger partial charge in [-0.1, -0.05) is 61.5 Å². The zero-order chi connectivity index (χ0) is 28.2. The number of fused-ring (bicyclic) bond motifs is 2. The lowest BCUT2D eigenvalue weighted by Crippen LogP contribution is -2.52. The number of carbonyl (C=O) groups is 1. The molecule has 6 rings (SSSR count). The number of aromatic nitrogens is 1. The third-order valence-corrected chi connectivity index (χ3v) is 8.31. The van der Waals surface area contributed by atoms with Gasteiger partial charge in [0.1, 0.15) is 16.9 Å². The van der Waals surface area contributed by atoms with E-state index in [1.54, 1.807) is 6.07 Å². The van der Waals surface area contributed by atoms with Gasteiger partial charge in [-0.25, -0.2) is 0 Å². The van der Waals surface area contributed by atoms with E-state index in [9.17, 15) is 9.90 Å². The summed E-state index contributed by atoms with van der Waals surface area (Å²) in [6, 6.07) is 23.2. The highest BCUT2D eigenvalue weighted by atomic mass is 16.6. The third-order valence-electron chi connectivity index (χ3n) is 8.31. The number of aliphatic hydroxyl groups is 1. The Hall–Kier alpha value is -3.88. The predicted molar refractivity (Wildman–Crippen MR) is 156 cm³/mol. The highest BCUT2D eigenvalue weighted by Gasteiger charge is 2.45. The quantitative estimate of drug-likeness (QED) is 0.242. The summed E-state index contributed by atoms with van der Waals surface area (Å²) in [5.74, 6) is 0.579. The molecule has 1 aliphatic carbocycles. The van der Waals surface area contributed by atoms with Gasteiger partial charge in [0.25, 0.3) is 5.91 Å². The molecule has 8 heteroatoms. The van der Waals surface area contributed by atoms with Crippen molar-refractivity contribution in [1.29, 1.82) is 0 Å². The summed E-state index contributed by atoms with van der Waals surface area (Å²) in [7, 11) is 0. The minimum atomic E-state index is -0.832. The molecular weight excluding hydrogens is 518 g/mol. The Bertz CT molecular complexity index is 1450. The maximum atomic E-state index is 13.0. The second kappa shape index (κ2) is 11.9. The number of aliphatic hydroxyl groups excluding tert-OH is 1.